The predicted octanol–water partition coefficient (Wildman–Crippen LogP) is 4.59. The van der Waals surface area contributed by atoms with Gasteiger partial charge in [-0.05, 0) is 47.5 Å². The molecule has 4 aromatic rings. The fraction of sp³-hybridized carbons (Fsp3) is 0.241. The van der Waals surface area contributed by atoms with E-state index in [2.05, 4.69) is 32.3 Å². The van der Waals surface area contributed by atoms with Gasteiger partial charge in [0.15, 0.2) is 0 Å². The van der Waals surface area contributed by atoms with Crippen LogP contribution in [0.5, 0.6) is 17.2 Å². The number of rotatable bonds is 6. The zero-order chi connectivity index (χ0) is 25.2. The SMILES string of the molecule is COc1cncc(CNc2ccc3c(c2)Cc2cccc(-c4cc(N5CCOCC5)cc(=O)[nH]4)c2O3)c1. The Morgan fingerprint density at radius 3 is 2.81 bits per heavy atom. The summed E-state index contributed by atoms with van der Waals surface area (Å²) in [6.45, 7) is 3.50. The van der Waals surface area contributed by atoms with Gasteiger partial charge in [-0.15, -0.1) is 0 Å². The van der Waals surface area contributed by atoms with Crippen molar-refractivity contribution in [1.29, 1.82) is 0 Å². The molecule has 188 valence electrons. The van der Waals surface area contributed by atoms with Gasteiger partial charge in [0.05, 0.1) is 32.2 Å². The molecule has 8 heteroatoms. The van der Waals surface area contributed by atoms with E-state index < -0.39 is 0 Å². The number of benzene rings is 2. The number of methoxy groups -OCH3 is 1. The number of hydrogen-bond donors (Lipinski definition) is 2. The molecular weight excluding hydrogens is 468 g/mol. The third kappa shape index (κ3) is 4.88. The molecule has 0 aliphatic carbocycles. The smallest absolute Gasteiger partial charge is 0.250 e. The number of fused-ring (bicyclic) bond motifs is 2. The third-order valence-corrected chi connectivity index (χ3v) is 6.75. The van der Waals surface area contributed by atoms with Crippen molar-refractivity contribution in [3.8, 4) is 28.5 Å². The van der Waals surface area contributed by atoms with Gasteiger partial charge in [0, 0.05) is 60.8 Å². The molecule has 0 amide bonds. The summed E-state index contributed by atoms with van der Waals surface area (Å²) in [5.74, 6) is 2.34. The van der Waals surface area contributed by atoms with Crippen LogP contribution in [0.4, 0.5) is 11.4 Å². The topological polar surface area (TPSA) is 88.7 Å². The lowest BCUT2D eigenvalue weighted by Crippen LogP contribution is -2.36. The Kier molecular flexibility index (Phi) is 6.24. The van der Waals surface area contributed by atoms with Gasteiger partial charge >= 0.3 is 0 Å². The van der Waals surface area contributed by atoms with Gasteiger partial charge in [0.25, 0.3) is 0 Å². The molecule has 4 heterocycles. The minimum absolute atomic E-state index is 0.130. The Bertz CT molecular complexity index is 1490. The molecule has 0 saturated carbocycles. The summed E-state index contributed by atoms with van der Waals surface area (Å²) in [5.41, 5.74) is 6.63. The molecule has 0 bridgehead atoms. The zero-order valence-corrected chi connectivity index (χ0v) is 20.6. The number of nitrogens with one attached hydrogen (secondary N) is 2. The van der Waals surface area contributed by atoms with Crippen molar-refractivity contribution in [2.24, 2.45) is 0 Å². The Balaban J connectivity index is 1.25. The van der Waals surface area contributed by atoms with Crippen LogP contribution in [0.3, 0.4) is 0 Å². The highest BCUT2D eigenvalue weighted by Crippen LogP contribution is 2.43. The van der Waals surface area contributed by atoms with E-state index in [-0.39, 0.29) is 5.56 Å². The Hall–Kier alpha value is -4.30. The van der Waals surface area contributed by atoms with E-state index in [1.54, 1.807) is 19.4 Å². The first kappa shape index (κ1) is 23.1. The normalized spacial score (nSPS) is 14.4. The Labute approximate surface area is 214 Å². The lowest BCUT2D eigenvalue weighted by atomic mass is 9.96. The molecule has 6 rings (SSSR count). The molecule has 1 fully saturated rings. The van der Waals surface area contributed by atoms with Gasteiger partial charge < -0.3 is 29.4 Å². The van der Waals surface area contributed by atoms with Crippen molar-refractivity contribution in [2.45, 2.75) is 13.0 Å². The fourth-order valence-electron chi connectivity index (χ4n) is 4.85. The number of nitrogens with zero attached hydrogens (tertiary/aromatic N) is 2. The fourth-order valence-corrected chi connectivity index (χ4v) is 4.85. The molecular formula is C29H28N4O4. The second kappa shape index (κ2) is 9.99. The highest BCUT2D eigenvalue weighted by Gasteiger charge is 2.22. The molecule has 37 heavy (non-hydrogen) atoms. The third-order valence-electron chi connectivity index (χ3n) is 6.75. The van der Waals surface area contributed by atoms with E-state index in [9.17, 15) is 4.79 Å². The summed E-state index contributed by atoms with van der Waals surface area (Å²) in [4.78, 5) is 22.0. The number of morpholine rings is 1. The minimum atomic E-state index is -0.130. The maximum absolute atomic E-state index is 12.6. The zero-order valence-electron chi connectivity index (χ0n) is 20.6. The van der Waals surface area contributed by atoms with E-state index in [0.29, 0.717) is 19.8 Å². The second-order valence-corrected chi connectivity index (χ2v) is 9.20. The molecule has 8 nitrogen and oxygen atoms in total. The lowest BCUT2D eigenvalue weighted by molar-refractivity contribution is 0.122. The van der Waals surface area contributed by atoms with Gasteiger partial charge in [-0.2, -0.15) is 0 Å². The van der Waals surface area contributed by atoms with Crippen molar-refractivity contribution in [2.75, 3.05) is 43.6 Å². The van der Waals surface area contributed by atoms with Crippen LogP contribution in [-0.2, 0) is 17.7 Å². The molecule has 0 radical (unpaired) electrons. The number of hydrogen-bond acceptors (Lipinski definition) is 7. The van der Waals surface area contributed by atoms with Crippen LogP contribution in [0.1, 0.15) is 16.7 Å². The maximum atomic E-state index is 12.6. The summed E-state index contributed by atoms with van der Waals surface area (Å²) < 4.78 is 17.2. The molecule has 0 spiro atoms. The number of para-hydroxylation sites is 1. The number of aromatic nitrogens is 2. The Morgan fingerprint density at radius 1 is 1.05 bits per heavy atom. The molecule has 2 aliphatic heterocycles. The number of anilines is 2. The molecule has 0 atom stereocenters. The minimum Gasteiger partial charge on any atom is -0.495 e. The van der Waals surface area contributed by atoms with Crippen LogP contribution >= 0.6 is 0 Å². The molecule has 2 aromatic heterocycles. The molecule has 1 saturated heterocycles. The van der Waals surface area contributed by atoms with Crippen LogP contribution in [0.15, 0.2) is 71.8 Å². The van der Waals surface area contributed by atoms with E-state index in [4.69, 9.17) is 14.2 Å². The molecule has 0 unspecified atom stereocenters. The highest BCUT2D eigenvalue weighted by molar-refractivity contribution is 5.74. The Morgan fingerprint density at radius 2 is 1.95 bits per heavy atom. The average molecular weight is 497 g/mol. The van der Waals surface area contributed by atoms with Crippen LogP contribution in [0.25, 0.3) is 11.3 Å². The largest absolute Gasteiger partial charge is 0.495 e. The molecule has 2 aromatic carbocycles. The maximum Gasteiger partial charge on any atom is 0.250 e. The van der Waals surface area contributed by atoms with Gasteiger partial charge in [-0.25, -0.2) is 0 Å². The standard InChI is InChI=1S/C29H28N4O4/c1-35-24-11-19(16-30-18-24)17-31-22-5-6-27-21(13-22)12-20-3-2-4-25(29(20)37-27)26-14-23(15-28(34)32-26)33-7-9-36-10-8-33/h2-6,11,13-16,18,31H,7-10,12,17H2,1H3,(H,32,34). The number of H-pyrrole nitrogens is 1. The quantitative estimate of drug-likeness (QED) is 0.355. The number of pyridine rings is 2. The lowest BCUT2D eigenvalue weighted by Gasteiger charge is -2.29. The first-order valence-corrected chi connectivity index (χ1v) is 12.4. The van der Waals surface area contributed by atoms with Gasteiger partial charge in [0.1, 0.15) is 17.2 Å². The van der Waals surface area contributed by atoms with Crippen molar-refractivity contribution in [3.63, 3.8) is 0 Å². The summed E-state index contributed by atoms with van der Waals surface area (Å²) in [5, 5.41) is 3.46. The van der Waals surface area contributed by atoms with Crippen LogP contribution < -0.4 is 25.2 Å². The van der Waals surface area contributed by atoms with Crippen LogP contribution in [0.2, 0.25) is 0 Å². The van der Waals surface area contributed by atoms with Gasteiger partial charge in [-0.1, -0.05) is 12.1 Å². The van der Waals surface area contributed by atoms with Crippen molar-refractivity contribution in [3.05, 3.63) is 94.0 Å². The summed E-state index contributed by atoms with van der Waals surface area (Å²) in [6, 6.07) is 17.9. The second-order valence-electron chi connectivity index (χ2n) is 9.20. The summed E-state index contributed by atoms with van der Waals surface area (Å²) in [7, 11) is 1.64. The van der Waals surface area contributed by atoms with E-state index >= 15 is 0 Å². The number of aromatic amines is 1. The van der Waals surface area contributed by atoms with E-state index in [1.165, 1.54) is 0 Å². The summed E-state index contributed by atoms with van der Waals surface area (Å²) in [6.07, 6.45) is 4.26. The highest BCUT2D eigenvalue weighted by atomic mass is 16.5. The van der Waals surface area contributed by atoms with Gasteiger partial charge in [0.2, 0.25) is 5.56 Å². The van der Waals surface area contributed by atoms with Crippen LogP contribution in [0, 0.1) is 0 Å². The van der Waals surface area contributed by atoms with E-state index in [0.717, 1.165) is 76.1 Å². The first-order valence-electron chi connectivity index (χ1n) is 12.4. The first-order chi connectivity index (χ1) is 18.2. The van der Waals surface area contributed by atoms with Crippen molar-refractivity contribution < 1.29 is 14.2 Å². The van der Waals surface area contributed by atoms with Crippen LogP contribution in [-0.4, -0.2) is 43.4 Å². The van der Waals surface area contributed by atoms with Crippen molar-refractivity contribution in [1.82, 2.24) is 9.97 Å². The van der Waals surface area contributed by atoms with E-state index in [1.807, 2.05) is 42.6 Å². The number of ether oxygens (including phenoxy) is 3. The molecule has 2 N–H and O–H groups in total. The average Bonchev–Trinajstić information content (AvgIpc) is 2.95. The monoisotopic (exact) mass is 496 g/mol. The summed E-state index contributed by atoms with van der Waals surface area (Å²) >= 11 is 0. The van der Waals surface area contributed by atoms with Gasteiger partial charge in [-0.3, -0.25) is 9.78 Å². The predicted molar refractivity (Wildman–Crippen MR) is 143 cm³/mol. The molecule has 2 aliphatic rings. The van der Waals surface area contributed by atoms with Crippen molar-refractivity contribution >= 4 is 11.4 Å².